The Hall–Kier alpha value is -1.02. The van der Waals surface area contributed by atoms with E-state index in [0.29, 0.717) is 11.0 Å². The van der Waals surface area contributed by atoms with Crippen molar-refractivity contribution in [1.29, 1.82) is 0 Å². The highest BCUT2D eigenvalue weighted by atomic mass is 31.3. The Balaban J connectivity index is 1.93. The molecule has 4 N–H and O–H groups in total. The molecule has 6 atom stereocenters. The second-order valence-electron chi connectivity index (χ2n) is 7.52. The van der Waals surface area contributed by atoms with Gasteiger partial charge in [-0.15, -0.1) is 0 Å². The maximum absolute atomic E-state index is 12.0. The molecule has 0 saturated carbocycles. The van der Waals surface area contributed by atoms with Crippen LogP contribution < -0.4 is 5.69 Å². The fourth-order valence-corrected chi connectivity index (χ4v) is 4.50. The molecule has 0 aromatic carbocycles. The lowest BCUT2D eigenvalue weighted by Gasteiger charge is -2.24. The van der Waals surface area contributed by atoms with Crippen LogP contribution in [0.1, 0.15) is 6.23 Å². The lowest BCUT2D eigenvalue weighted by atomic mass is 10.1. The third kappa shape index (κ3) is 7.29. The van der Waals surface area contributed by atoms with Gasteiger partial charge in [0.25, 0.3) is 0 Å². The van der Waals surface area contributed by atoms with E-state index in [4.69, 9.17) is 4.74 Å². The van der Waals surface area contributed by atoms with E-state index in [2.05, 4.69) is 18.3 Å². The molecule has 1 aliphatic heterocycles. The quantitative estimate of drug-likeness (QED) is 0.235. The minimum Gasteiger partial charge on any atom is -0.387 e. The number of hydrogen-bond acceptors (Lipinski definition) is 10. The highest BCUT2D eigenvalue weighted by Crippen LogP contribution is 2.60. The van der Waals surface area contributed by atoms with E-state index in [1.807, 2.05) is 0 Å². The van der Waals surface area contributed by atoms with Crippen molar-refractivity contribution >= 4 is 15.6 Å². The number of quaternary nitrogens is 1. The lowest BCUT2D eigenvalue weighted by molar-refractivity contribution is -0.870. The first kappa shape index (κ1) is 25.2. The van der Waals surface area contributed by atoms with Gasteiger partial charge in [0.05, 0.1) is 27.7 Å². The first-order valence-corrected chi connectivity index (χ1v) is 11.7. The van der Waals surface area contributed by atoms with E-state index in [0.717, 1.165) is 4.57 Å². The molecule has 0 spiro atoms. The van der Waals surface area contributed by atoms with E-state index in [1.165, 1.54) is 18.5 Å². The Morgan fingerprint density at radius 3 is 2.40 bits per heavy atom. The summed E-state index contributed by atoms with van der Waals surface area (Å²) in [4.78, 5) is 34.5. The number of aromatic nitrogens is 2. The Kier molecular flexibility index (Phi) is 8.11. The predicted octanol–water partition coefficient (Wildman–Crippen LogP) is -1.18. The van der Waals surface area contributed by atoms with Gasteiger partial charge in [-0.05, 0) is 6.07 Å². The molecule has 2 heterocycles. The molecule has 2 rings (SSSR count). The number of aliphatic hydroxyl groups excluding tert-OH is 2. The highest BCUT2D eigenvalue weighted by molar-refractivity contribution is 7.61. The van der Waals surface area contributed by atoms with Gasteiger partial charge in [0, 0.05) is 12.4 Å². The molecule has 14 nitrogen and oxygen atoms in total. The van der Waals surface area contributed by atoms with Crippen molar-refractivity contribution in [1.82, 2.24) is 9.55 Å². The molecule has 1 saturated heterocycles. The van der Waals surface area contributed by atoms with Gasteiger partial charge in [-0.3, -0.25) is 13.6 Å². The highest BCUT2D eigenvalue weighted by Gasteiger charge is 2.46. The number of rotatable bonds is 10. The average molecular weight is 474 g/mol. The smallest absolute Gasteiger partial charge is 0.387 e. The summed E-state index contributed by atoms with van der Waals surface area (Å²) >= 11 is 0. The molecule has 0 amide bonds. The maximum atomic E-state index is 12.0. The molecule has 4 unspecified atom stereocenters. The van der Waals surface area contributed by atoms with Gasteiger partial charge in [0.1, 0.15) is 31.5 Å². The monoisotopic (exact) mass is 474 g/mol. The third-order valence-electron chi connectivity index (χ3n) is 3.97. The van der Waals surface area contributed by atoms with Gasteiger partial charge in [-0.25, -0.2) is 18.9 Å². The molecule has 1 aromatic heterocycles. The van der Waals surface area contributed by atoms with Crippen LogP contribution in [0.4, 0.5) is 0 Å². The Morgan fingerprint density at radius 2 is 1.80 bits per heavy atom. The standard InChI is InChI=1S/C14H25N3O11P2/c1-17(2,3)7-8-25-29(21,22)28-30(23,24)26-9-10-11(18)12(19)13(27-10)16-6-4-5-15-14(16)20/h4-6,10-13,18-19H,7-9H2,1-3H3,(H-,21,22,23,24)/p+1/t10-,11-,12?,13?/m1/s1. The summed E-state index contributed by atoms with van der Waals surface area (Å²) in [6, 6.07) is 1.40. The third-order valence-corrected chi connectivity index (χ3v) is 6.61. The number of phosphoric acid groups is 2. The van der Waals surface area contributed by atoms with Crippen molar-refractivity contribution < 1.29 is 51.7 Å². The number of likely N-dealkylation sites (N-methyl/N-ethyl adjacent to an activating group) is 1. The van der Waals surface area contributed by atoms with Gasteiger partial charge in [-0.2, -0.15) is 4.31 Å². The van der Waals surface area contributed by atoms with E-state index in [9.17, 15) is 33.9 Å². The first-order chi connectivity index (χ1) is 13.7. The number of phosphoric ester groups is 2. The van der Waals surface area contributed by atoms with Crippen molar-refractivity contribution in [2.75, 3.05) is 40.9 Å². The van der Waals surface area contributed by atoms with Crippen molar-refractivity contribution in [3.8, 4) is 0 Å². The van der Waals surface area contributed by atoms with Gasteiger partial charge >= 0.3 is 21.3 Å². The van der Waals surface area contributed by atoms with Crippen molar-refractivity contribution in [3.63, 3.8) is 0 Å². The summed E-state index contributed by atoms with van der Waals surface area (Å²) < 4.78 is 43.9. The maximum Gasteiger partial charge on any atom is 0.481 e. The van der Waals surface area contributed by atoms with E-state index in [1.54, 1.807) is 21.1 Å². The number of ether oxygens (including phenoxy) is 1. The fourth-order valence-electron chi connectivity index (χ4n) is 2.43. The van der Waals surface area contributed by atoms with Crippen LogP contribution in [-0.2, 0) is 27.2 Å². The largest absolute Gasteiger partial charge is 0.481 e. The van der Waals surface area contributed by atoms with Crippen LogP contribution in [0.15, 0.2) is 23.3 Å². The zero-order chi connectivity index (χ0) is 22.7. The van der Waals surface area contributed by atoms with Crippen LogP contribution in [0.25, 0.3) is 0 Å². The van der Waals surface area contributed by atoms with Crippen LogP contribution in [-0.4, -0.2) is 93.2 Å². The van der Waals surface area contributed by atoms with Crippen LogP contribution >= 0.6 is 15.6 Å². The lowest BCUT2D eigenvalue weighted by Crippen LogP contribution is -2.37. The van der Waals surface area contributed by atoms with Crippen molar-refractivity contribution in [3.05, 3.63) is 28.9 Å². The number of nitrogens with zero attached hydrogens (tertiary/aromatic N) is 3. The first-order valence-electron chi connectivity index (χ1n) is 8.72. The van der Waals surface area contributed by atoms with E-state index in [-0.39, 0.29) is 6.61 Å². The zero-order valence-electron chi connectivity index (χ0n) is 16.5. The number of aliphatic hydroxyl groups is 2. The molecule has 1 aromatic rings. The van der Waals surface area contributed by atoms with Gasteiger partial charge in [0.2, 0.25) is 0 Å². The summed E-state index contributed by atoms with van der Waals surface area (Å²) in [6.07, 6.45) is -3.33. The molecular weight excluding hydrogens is 448 g/mol. The predicted molar refractivity (Wildman–Crippen MR) is 100.0 cm³/mol. The summed E-state index contributed by atoms with van der Waals surface area (Å²) in [5, 5.41) is 20.2. The van der Waals surface area contributed by atoms with E-state index >= 15 is 0 Å². The molecule has 30 heavy (non-hydrogen) atoms. The van der Waals surface area contributed by atoms with Crippen molar-refractivity contribution in [2.24, 2.45) is 0 Å². The normalized spacial score (nSPS) is 28.8. The molecule has 0 aliphatic carbocycles. The minimum absolute atomic E-state index is 0.227. The van der Waals surface area contributed by atoms with Gasteiger partial charge < -0.3 is 29.2 Å². The molecule has 1 fully saturated rings. The number of hydrogen-bond donors (Lipinski definition) is 4. The fraction of sp³-hybridized carbons (Fsp3) is 0.714. The average Bonchev–Trinajstić information content (AvgIpc) is 2.86. The molecule has 16 heteroatoms. The summed E-state index contributed by atoms with van der Waals surface area (Å²) in [7, 11) is -4.58. The molecular formula is C14H26N3O11P2+. The minimum atomic E-state index is -5.09. The molecule has 0 bridgehead atoms. The second kappa shape index (κ2) is 9.63. The van der Waals surface area contributed by atoms with Gasteiger partial charge in [-0.1, -0.05) is 0 Å². The summed E-state index contributed by atoms with van der Waals surface area (Å²) in [5.74, 6) is 0. The topological polar surface area (TPSA) is 187 Å². The Bertz CT molecular complexity index is 873. The van der Waals surface area contributed by atoms with Crippen LogP contribution in [0.5, 0.6) is 0 Å². The van der Waals surface area contributed by atoms with Gasteiger partial charge in [0.15, 0.2) is 6.23 Å². The van der Waals surface area contributed by atoms with Crippen LogP contribution in [0, 0.1) is 0 Å². The van der Waals surface area contributed by atoms with Crippen LogP contribution in [0.2, 0.25) is 0 Å². The Labute approximate surface area is 172 Å². The molecule has 172 valence electrons. The summed E-state index contributed by atoms with van der Waals surface area (Å²) in [6.45, 7) is -0.703. The Morgan fingerprint density at radius 1 is 1.17 bits per heavy atom. The zero-order valence-corrected chi connectivity index (χ0v) is 18.3. The summed E-state index contributed by atoms with van der Waals surface area (Å²) in [5.41, 5.74) is -0.751. The SMILES string of the molecule is C[N+](C)(C)CCOP(=O)(O)OP(=O)(O)OC[C@H]1OC(n2cccnc2=O)C(O)[C@@H]1O. The second-order valence-corrected chi connectivity index (χ2v) is 10.6. The molecule has 1 aliphatic rings. The van der Waals surface area contributed by atoms with Crippen molar-refractivity contribution in [2.45, 2.75) is 24.5 Å². The van der Waals surface area contributed by atoms with E-state index < -0.39 is 52.5 Å². The van der Waals surface area contributed by atoms with Crippen LogP contribution in [0.3, 0.4) is 0 Å². The molecule has 0 radical (unpaired) electrons.